The molecule has 0 heterocycles. The van der Waals surface area contributed by atoms with E-state index in [0.717, 1.165) is 18.5 Å². The number of fused-ring (bicyclic) bond motifs is 1. The Morgan fingerprint density at radius 2 is 2.11 bits per heavy atom. The number of carboxylic acids is 1. The Labute approximate surface area is 114 Å². The van der Waals surface area contributed by atoms with Crippen LogP contribution in [-0.4, -0.2) is 17.6 Å². The normalized spacial score (nSPS) is 29.8. The summed E-state index contributed by atoms with van der Waals surface area (Å²) in [5, 5.41) is 13.2. The molecule has 1 saturated carbocycles. The molecule has 0 bridgehead atoms. The van der Waals surface area contributed by atoms with Crippen LogP contribution in [0, 0.1) is 5.92 Å². The van der Waals surface area contributed by atoms with E-state index >= 15 is 0 Å². The highest BCUT2D eigenvalue weighted by Gasteiger charge is 2.45. The molecular weight excluding hydrogens is 238 g/mol. The summed E-state index contributed by atoms with van der Waals surface area (Å²) in [6.45, 7) is 3.01. The van der Waals surface area contributed by atoms with Crippen molar-refractivity contribution in [2.75, 3.05) is 6.54 Å². The number of carboxylic acid groups (broad SMARTS) is 1. The van der Waals surface area contributed by atoms with Gasteiger partial charge in [0.25, 0.3) is 0 Å². The molecule has 3 nitrogen and oxygen atoms in total. The molecule has 1 aromatic carbocycles. The van der Waals surface area contributed by atoms with E-state index in [-0.39, 0.29) is 0 Å². The van der Waals surface area contributed by atoms with Crippen molar-refractivity contribution in [2.45, 2.75) is 44.1 Å². The van der Waals surface area contributed by atoms with Crippen molar-refractivity contribution in [3.8, 4) is 0 Å². The van der Waals surface area contributed by atoms with E-state index in [2.05, 4.69) is 18.3 Å². The van der Waals surface area contributed by atoms with E-state index in [0.29, 0.717) is 18.3 Å². The molecule has 3 rings (SSSR count). The average molecular weight is 259 g/mol. The molecule has 2 atom stereocenters. The Balaban J connectivity index is 1.99. The summed E-state index contributed by atoms with van der Waals surface area (Å²) in [7, 11) is 0. The number of nitrogens with one attached hydrogen (secondary N) is 1. The zero-order valence-electron chi connectivity index (χ0n) is 11.4. The van der Waals surface area contributed by atoms with E-state index in [9.17, 15) is 9.90 Å². The first-order valence-corrected chi connectivity index (χ1v) is 7.21. The predicted molar refractivity (Wildman–Crippen MR) is 74.1 cm³/mol. The monoisotopic (exact) mass is 259 g/mol. The Kier molecular flexibility index (Phi) is 3.09. The Morgan fingerprint density at radius 3 is 2.79 bits per heavy atom. The van der Waals surface area contributed by atoms with Crippen molar-refractivity contribution in [1.29, 1.82) is 0 Å². The van der Waals surface area contributed by atoms with Gasteiger partial charge < -0.3 is 5.11 Å². The molecule has 0 aliphatic heterocycles. The maximum Gasteiger partial charge on any atom is 0.328 e. The third kappa shape index (κ3) is 2.16. The molecule has 2 unspecified atom stereocenters. The quantitative estimate of drug-likeness (QED) is 0.874. The van der Waals surface area contributed by atoms with E-state index in [1.807, 2.05) is 18.2 Å². The first-order valence-electron chi connectivity index (χ1n) is 7.21. The molecule has 1 fully saturated rings. The summed E-state index contributed by atoms with van der Waals surface area (Å²) < 4.78 is 0. The summed E-state index contributed by atoms with van der Waals surface area (Å²) in [5.41, 5.74) is 1.30. The molecule has 2 aliphatic rings. The Morgan fingerprint density at radius 1 is 1.37 bits per heavy atom. The molecule has 0 spiro atoms. The molecule has 2 N–H and O–H groups in total. The minimum Gasteiger partial charge on any atom is -0.480 e. The van der Waals surface area contributed by atoms with Crippen molar-refractivity contribution in [1.82, 2.24) is 5.32 Å². The van der Waals surface area contributed by atoms with Crippen LogP contribution in [-0.2, 0) is 10.3 Å². The van der Waals surface area contributed by atoms with Gasteiger partial charge in [-0.05, 0) is 55.2 Å². The van der Waals surface area contributed by atoms with Crippen LogP contribution in [0.2, 0.25) is 0 Å². The van der Waals surface area contributed by atoms with Crippen molar-refractivity contribution in [3.05, 3.63) is 35.4 Å². The van der Waals surface area contributed by atoms with Crippen LogP contribution in [0.15, 0.2) is 24.3 Å². The van der Waals surface area contributed by atoms with Gasteiger partial charge in [-0.15, -0.1) is 0 Å². The van der Waals surface area contributed by atoms with Crippen molar-refractivity contribution in [3.63, 3.8) is 0 Å². The Hall–Kier alpha value is -1.35. The number of benzene rings is 1. The number of aliphatic carboxylic acids is 1. The molecule has 1 aromatic rings. The first kappa shape index (κ1) is 12.7. The molecule has 3 heteroatoms. The van der Waals surface area contributed by atoms with E-state index in [1.54, 1.807) is 0 Å². The summed E-state index contributed by atoms with van der Waals surface area (Å²) >= 11 is 0. The molecule has 2 aliphatic carbocycles. The fourth-order valence-electron chi connectivity index (χ4n) is 3.16. The first-order chi connectivity index (χ1) is 9.13. The van der Waals surface area contributed by atoms with Crippen molar-refractivity contribution in [2.24, 2.45) is 5.92 Å². The lowest BCUT2D eigenvalue weighted by molar-refractivity contribution is -0.146. The minimum atomic E-state index is -0.869. The van der Waals surface area contributed by atoms with Crippen LogP contribution in [0.4, 0.5) is 0 Å². The summed E-state index contributed by atoms with van der Waals surface area (Å²) in [5.74, 6) is 0.404. The fraction of sp³-hybridized carbons (Fsp3) is 0.562. The molecule has 102 valence electrons. The number of carbonyl (C=O) groups is 1. The van der Waals surface area contributed by atoms with Gasteiger partial charge in [-0.2, -0.15) is 0 Å². The third-order valence-electron chi connectivity index (χ3n) is 4.66. The summed E-state index contributed by atoms with van der Waals surface area (Å²) in [6.07, 6.45) is 4.09. The van der Waals surface area contributed by atoms with Crippen molar-refractivity contribution < 1.29 is 9.90 Å². The lowest BCUT2D eigenvalue weighted by atomic mass is 9.72. The molecule has 19 heavy (non-hydrogen) atoms. The van der Waals surface area contributed by atoms with Gasteiger partial charge in [0, 0.05) is 0 Å². The average Bonchev–Trinajstić information content (AvgIpc) is 3.23. The van der Waals surface area contributed by atoms with Crippen LogP contribution in [0.1, 0.15) is 49.7 Å². The standard InChI is InChI=1S/C16H21NO2/c1-11-8-9-16(15(18)19,17-10-12-6-7-12)14-5-3-2-4-13(11)14/h2-5,11-12,17H,6-10H2,1H3,(H,18,19). The topological polar surface area (TPSA) is 49.3 Å². The van der Waals surface area contributed by atoms with E-state index < -0.39 is 11.5 Å². The second-order valence-corrected chi connectivity index (χ2v) is 6.06. The van der Waals surface area contributed by atoms with Gasteiger partial charge in [0.15, 0.2) is 0 Å². The second kappa shape index (κ2) is 4.64. The lowest BCUT2D eigenvalue weighted by Crippen LogP contribution is -2.52. The number of rotatable bonds is 4. The zero-order valence-corrected chi connectivity index (χ0v) is 11.4. The van der Waals surface area contributed by atoms with Crippen LogP contribution in [0.5, 0.6) is 0 Å². The molecule has 0 amide bonds. The van der Waals surface area contributed by atoms with Crippen LogP contribution >= 0.6 is 0 Å². The minimum absolute atomic E-state index is 0.450. The Bertz CT molecular complexity index is 495. The van der Waals surface area contributed by atoms with Crippen LogP contribution < -0.4 is 5.32 Å². The van der Waals surface area contributed by atoms with Gasteiger partial charge in [0.05, 0.1) is 0 Å². The van der Waals surface area contributed by atoms with Gasteiger partial charge in [-0.25, -0.2) is 4.79 Å². The van der Waals surface area contributed by atoms with Gasteiger partial charge >= 0.3 is 5.97 Å². The maximum absolute atomic E-state index is 11.9. The van der Waals surface area contributed by atoms with E-state index in [1.165, 1.54) is 18.4 Å². The fourth-order valence-corrected chi connectivity index (χ4v) is 3.16. The smallest absolute Gasteiger partial charge is 0.328 e. The molecule has 0 saturated heterocycles. The molecule has 0 radical (unpaired) electrons. The summed E-state index contributed by atoms with van der Waals surface area (Å²) in [6, 6.07) is 8.02. The zero-order chi connectivity index (χ0) is 13.5. The highest BCUT2D eigenvalue weighted by atomic mass is 16.4. The van der Waals surface area contributed by atoms with Crippen molar-refractivity contribution >= 4 is 5.97 Å². The molecule has 0 aromatic heterocycles. The van der Waals surface area contributed by atoms with Gasteiger partial charge in [0.1, 0.15) is 5.54 Å². The van der Waals surface area contributed by atoms with Crippen LogP contribution in [0.25, 0.3) is 0 Å². The maximum atomic E-state index is 11.9. The van der Waals surface area contributed by atoms with E-state index in [4.69, 9.17) is 0 Å². The van der Waals surface area contributed by atoms with Gasteiger partial charge in [-0.1, -0.05) is 31.2 Å². The van der Waals surface area contributed by atoms with Gasteiger partial charge in [0.2, 0.25) is 0 Å². The highest BCUT2D eigenvalue weighted by molar-refractivity contribution is 5.82. The largest absolute Gasteiger partial charge is 0.480 e. The molecular formula is C16H21NO2. The third-order valence-corrected chi connectivity index (χ3v) is 4.66. The highest BCUT2D eigenvalue weighted by Crippen LogP contribution is 2.42. The summed E-state index contributed by atoms with van der Waals surface area (Å²) in [4.78, 5) is 11.9. The van der Waals surface area contributed by atoms with Crippen LogP contribution in [0.3, 0.4) is 0 Å². The second-order valence-electron chi connectivity index (χ2n) is 6.06. The SMILES string of the molecule is CC1CCC(NCC2CC2)(C(=O)O)c2ccccc21. The lowest BCUT2D eigenvalue weighted by Gasteiger charge is -2.39. The predicted octanol–water partition coefficient (Wildman–Crippen LogP) is 2.86. The number of hydrogen-bond acceptors (Lipinski definition) is 2. The van der Waals surface area contributed by atoms with Gasteiger partial charge in [-0.3, -0.25) is 5.32 Å². The number of hydrogen-bond donors (Lipinski definition) is 2.